The molecule has 1 heterocycles. The molecule has 0 saturated carbocycles. The van der Waals surface area contributed by atoms with Gasteiger partial charge in [-0.05, 0) is 60.9 Å². The van der Waals surface area contributed by atoms with Crippen molar-refractivity contribution < 1.29 is 9.25 Å². The molecule has 2 aromatic carbocycles. The molecule has 2 atom stereocenters. The topological polar surface area (TPSA) is 86.2 Å². The Bertz CT molecular complexity index is 1090. The van der Waals surface area contributed by atoms with Gasteiger partial charge < -0.3 is 15.0 Å². The average molecular weight is 435 g/mol. The first-order valence-electron chi connectivity index (χ1n) is 11.4. The molecule has 4 rings (SSSR count). The number of hydroxylamine groups is 1. The lowest BCUT2D eigenvalue weighted by Gasteiger charge is -2.35. The number of hydrogen-bond donors (Lipinski definition) is 2. The molecule has 6 heteroatoms. The Balaban J connectivity index is 2.00. The summed E-state index contributed by atoms with van der Waals surface area (Å²) in [7, 11) is 1.64. The summed E-state index contributed by atoms with van der Waals surface area (Å²) in [6.45, 7) is 8.99. The van der Waals surface area contributed by atoms with E-state index in [1.165, 1.54) is 33.4 Å². The zero-order valence-corrected chi connectivity index (χ0v) is 19.7. The maximum atomic E-state index is 6.49. The predicted octanol–water partition coefficient (Wildman–Crippen LogP) is 4.32. The van der Waals surface area contributed by atoms with E-state index in [1.807, 2.05) is 0 Å². The summed E-state index contributed by atoms with van der Waals surface area (Å²) >= 11 is 0. The molecule has 0 radical (unpaired) electrons. The number of nitrogens with two attached hydrogens (primary N) is 1. The van der Waals surface area contributed by atoms with E-state index in [0.717, 1.165) is 12.8 Å². The van der Waals surface area contributed by atoms with Crippen molar-refractivity contribution in [3.8, 4) is 0 Å². The van der Waals surface area contributed by atoms with E-state index in [9.17, 15) is 0 Å². The molecule has 32 heavy (non-hydrogen) atoms. The molecule has 0 spiro atoms. The highest BCUT2D eigenvalue weighted by molar-refractivity contribution is 5.55. The maximum Gasteiger partial charge on any atom is 0.231 e. The summed E-state index contributed by atoms with van der Waals surface area (Å²) in [5.74, 6) is 1.45. The van der Waals surface area contributed by atoms with Crippen LogP contribution in [0.4, 0.5) is 0 Å². The quantitative estimate of drug-likeness (QED) is 0.539. The molecule has 0 fully saturated rings. The van der Waals surface area contributed by atoms with Gasteiger partial charge in [0.05, 0.1) is 7.11 Å². The van der Waals surface area contributed by atoms with Crippen molar-refractivity contribution in [2.75, 3.05) is 7.11 Å². The summed E-state index contributed by atoms with van der Waals surface area (Å²) in [5.41, 5.74) is 16.3. The molecule has 0 bridgehead atoms. The zero-order chi connectivity index (χ0) is 22.9. The fourth-order valence-corrected chi connectivity index (χ4v) is 4.96. The number of hydrogen-bond acceptors (Lipinski definition) is 6. The van der Waals surface area contributed by atoms with Crippen molar-refractivity contribution >= 4 is 0 Å². The summed E-state index contributed by atoms with van der Waals surface area (Å²) in [4.78, 5) is 5.07. The third-order valence-corrected chi connectivity index (χ3v) is 6.36. The van der Waals surface area contributed by atoms with E-state index in [4.69, 9.17) is 15.0 Å². The van der Waals surface area contributed by atoms with Crippen LogP contribution in [0, 0.1) is 6.92 Å². The molecular formula is C26H34N4O2. The van der Waals surface area contributed by atoms with Gasteiger partial charge in [-0.3, -0.25) is 0 Å². The molecule has 3 aromatic rings. The predicted molar refractivity (Wildman–Crippen MR) is 125 cm³/mol. The van der Waals surface area contributed by atoms with E-state index in [-0.39, 0.29) is 12.0 Å². The second-order valence-electron chi connectivity index (χ2n) is 9.36. The van der Waals surface area contributed by atoms with Crippen molar-refractivity contribution in [3.05, 3.63) is 81.6 Å². The van der Waals surface area contributed by atoms with Crippen LogP contribution < -0.4 is 11.2 Å². The Labute approximate surface area is 190 Å². The molecular weight excluding hydrogens is 400 g/mol. The number of rotatable bonds is 7. The van der Waals surface area contributed by atoms with Crippen molar-refractivity contribution in [1.29, 1.82) is 0 Å². The molecule has 0 saturated heterocycles. The van der Waals surface area contributed by atoms with Crippen LogP contribution in [-0.2, 0) is 29.6 Å². The van der Waals surface area contributed by atoms with Crippen LogP contribution in [0.3, 0.4) is 0 Å². The van der Waals surface area contributed by atoms with E-state index in [1.54, 1.807) is 7.11 Å². The number of aryl methyl sites for hydroxylation is 3. The second kappa shape index (κ2) is 9.14. The molecule has 0 aliphatic heterocycles. The Hall–Kier alpha value is -2.54. The number of fused-ring (bicyclic) bond motifs is 2. The van der Waals surface area contributed by atoms with Crippen LogP contribution in [0.1, 0.15) is 78.3 Å². The summed E-state index contributed by atoms with van der Waals surface area (Å²) < 4.78 is 6.37. The first kappa shape index (κ1) is 22.6. The van der Waals surface area contributed by atoms with E-state index in [2.05, 4.69) is 79.8 Å². The van der Waals surface area contributed by atoms with Crippen molar-refractivity contribution in [1.82, 2.24) is 15.7 Å². The van der Waals surface area contributed by atoms with Crippen LogP contribution >= 0.6 is 0 Å². The fourth-order valence-electron chi connectivity index (χ4n) is 4.96. The van der Waals surface area contributed by atoms with Crippen molar-refractivity contribution in [3.63, 3.8) is 0 Å². The van der Waals surface area contributed by atoms with E-state index < -0.39 is 5.41 Å². The maximum absolute atomic E-state index is 6.49. The van der Waals surface area contributed by atoms with Gasteiger partial charge in [0, 0.05) is 18.5 Å². The molecule has 1 aromatic heterocycles. The highest BCUT2D eigenvalue weighted by atomic mass is 16.6. The van der Waals surface area contributed by atoms with E-state index in [0.29, 0.717) is 24.7 Å². The van der Waals surface area contributed by atoms with Gasteiger partial charge >= 0.3 is 0 Å². The van der Waals surface area contributed by atoms with Crippen LogP contribution in [0.2, 0.25) is 0 Å². The lowest BCUT2D eigenvalue weighted by atomic mass is 9.68. The normalized spacial score (nSPS) is 18.8. The van der Waals surface area contributed by atoms with Gasteiger partial charge in [0.2, 0.25) is 11.8 Å². The fraction of sp³-hybridized carbons (Fsp3) is 0.462. The van der Waals surface area contributed by atoms with Gasteiger partial charge in [-0.1, -0.05) is 55.8 Å². The minimum Gasteiger partial charge on any atom is -0.424 e. The largest absolute Gasteiger partial charge is 0.424 e. The molecule has 170 valence electrons. The highest BCUT2D eigenvalue weighted by Crippen LogP contribution is 2.47. The monoisotopic (exact) mass is 434 g/mol. The number of aromatic nitrogens is 2. The molecule has 1 aliphatic carbocycles. The van der Waals surface area contributed by atoms with Crippen LogP contribution in [0.15, 0.2) is 40.8 Å². The van der Waals surface area contributed by atoms with Gasteiger partial charge in [0.25, 0.3) is 0 Å². The second-order valence-corrected chi connectivity index (χ2v) is 9.36. The number of nitrogens with one attached hydrogen (secondary N) is 1. The summed E-state index contributed by atoms with van der Waals surface area (Å²) in [5, 5.41) is 9.03. The van der Waals surface area contributed by atoms with Gasteiger partial charge in [-0.25, -0.2) is 0 Å². The first-order chi connectivity index (χ1) is 15.3. The standard InChI is InChI=1S/C26H34N4O2/c1-16(2)24-29-30-25(32-24)26(14-18(4)27)22-10-6-17(3)12-20(22)8-9-21-13-19(15-28-31-5)7-11-23(21)26/h6-7,10-13,16,18,28H,8-9,14-15,27H2,1-5H3/t18-,26?/m1/s1. The van der Waals surface area contributed by atoms with Gasteiger partial charge in [-0.15, -0.1) is 10.2 Å². The lowest BCUT2D eigenvalue weighted by molar-refractivity contribution is 0.0867. The van der Waals surface area contributed by atoms with Gasteiger partial charge in [0.15, 0.2) is 0 Å². The average Bonchev–Trinajstić information content (AvgIpc) is 3.21. The van der Waals surface area contributed by atoms with Crippen molar-refractivity contribution in [2.45, 2.75) is 70.9 Å². The molecule has 3 N–H and O–H groups in total. The number of nitrogens with zero attached hydrogens (tertiary/aromatic N) is 2. The third-order valence-electron chi connectivity index (χ3n) is 6.36. The smallest absolute Gasteiger partial charge is 0.231 e. The summed E-state index contributed by atoms with van der Waals surface area (Å²) in [6, 6.07) is 13.3. The van der Waals surface area contributed by atoms with Crippen LogP contribution in [0.25, 0.3) is 0 Å². The molecule has 1 aliphatic rings. The molecule has 6 nitrogen and oxygen atoms in total. The van der Waals surface area contributed by atoms with Crippen molar-refractivity contribution in [2.24, 2.45) is 5.73 Å². The first-order valence-corrected chi connectivity index (χ1v) is 11.4. The van der Waals surface area contributed by atoms with E-state index >= 15 is 0 Å². The zero-order valence-electron chi connectivity index (χ0n) is 19.7. The minimum atomic E-state index is -0.587. The Morgan fingerprint density at radius 2 is 1.75 bits per heavy atom. The SMILES string of the molecule is CONCc1ccc2c(c1)CCc1cc(C)ccc1C2(C[C@@H](C)N)c1nnc(C(C)C)o1. The van der Waals surface area contributed by atoms with Gasteiger partial charge in [-0.2, -0.15) is 5.48 Å². The summed E-state index contributed by atoms with van der Waals surface area (Å²) in [6.07, 6.45) is 2.58. The number of benzene rings is 2. The highest BCUT2D eigenvalue weighted by Gasteiger charge is 2.46. The van der Waals surface area contributed by atoms with Crippen LogP contribution in [0.5, 0.6) is 0 Å². The minimum absolute atomic E-state index is 0.0562. The third kappa shape index (κ3) is 4.10. The van der Waals surface area contributed by atoms with Crippen LogP contribution in [-0.4, -0.2) is 23.3 Å². The lowest BCUT2D eigenvalue weighted by Crippen LogP contribution is -2.37. The Morgan fingerprint density at radius 3 is 2.38 bits per heavy atom. The van der Waals surface area contributed by atoms with Gasteiger partial charge in [0.1, 0.15) is 5.41 Å². The molecule has 1 unspecified atom stereocenters. The Kier molecular flexibility index (Phi) is 6.47. The Morgan fingerprint density at radius 1 is 1.06 bits per heavy atom. The molecule has 0 amide bonds.